The summed E-state index contributed by atoms with van der Waals surface area (Å²) >= 11 is 1.65. The van der Waals surface area contributed by atoms with E-state index in [4.69, 9.17) is 9.47 Å². The highest BCUT2D eigenvalue weighted by atomic mass is 32.2. The van der Waals surface area contributed by atoms with Crippen LogP contribution in [0.4, 0.5) is 0 Å². The second-order valence-corrected chi connectivity index (χ2v) is 10.4. The third-order valence-electron chi connectivity index (χ3n) is 4.81. The molecule has 0 unspecified atom stereocenters. The summed E-state index contributed by atoms with van der Waals surface area (Å²) in [4.78, 5) is 14.3. The van der Waals surface area contributed by atoms with E-state index in [0.29, 0.717) is 62.6 Å². The van der Waals surface area contributed by atoms with E-state index in [1.54, 1.807) is 28.8 Å². The summed E-state index contributed by atoms with van der Waals surface area (Å²) in [5.74, 6) is 3.18. The molecule has 1 amide bonds. The molecule has 0 aliphatic carbocycles. The Kier molecular flexibility index (Phi) is 7.11. The van der Waals surface area contributed by atoms with Gasteiger partial charge in [-0.25, -0.2) is 8.42 Å². The molecule has 1 aromatic carbocycles. The summed E-state index contributed by atoms with van der Waals surface area (Å²) in [6.45, 7) is 6.67. The van der Waals surface area contributed by atoms with E-state index in [1.165, 1.54) is 10.4 Å². The first-order chi connectivity index (χ1) is 13.4. The summed E-state index contributed by atoms with van der Waals surface area (Å²) in [6, 6.07) is 4.70. The van der Waals surface area contributed by atoms with Gasteiger partial charge in [0.15, 0.2) is 11.5 Å². The van der Waals surface area contributed by atoms with Gasteiger partial charge in [-0.15, -0.1) is 0 Å². The lowest BCUT2D eigenvalue weighted by Gasteiger charge is -2.34. The van der Waals surface area contributed by atoms with Gasteiger partial charge in [-0.05, 0) is 30.2 Å². The molecule has 7 nitrogen and oxygen atoms in total. The molecule has 28 heavy (non-hydrogen) atoms. The number of ether oxygens (including phenoxy) is 2. The van der Waals surface area contributed by atoms with Crippen LogP contribution < -0.4 is 9.47 Å². The number of fused-ring (bicyclic) bond motifs is 1. The molecule has 2 aliphatic rings. The summed E-state index contributed by atoms with van der Waals surface area (Å²) in [5.41, 5.74) is 0. The highest BCUT2D eigenvalue weighted by Crippen LogP contribution is 2.33. The van der Waals surface area contributed by atoms with Gasteiger partial charge in [-0.2, -0.15) is 16.1 Å². The lowest BCUT2D eigenvalue weighted by Crippen LogP contribution is -2.51. The summed E-state index contributed by atoms with van der Waals surface area (Å²) in [5, 5.41) is 0. The minimum absolute atomic E-state index is 0.0881. The smallest absolute Gasteiger partial charge is 0.243 e. The number of hydrogen-bond donors (Lipinski definition) is 0. The molecule has 0 aromatic heterocycles. The van der Waals surface area contributed by atoms with E-state index in [1.807, 2.05) is 0 Å². The lowest BCUT2D eigenvalue weighted by atomic mass is 10.2. The molecule has 2 aliphatic heterocycles. The van der Waals surface area contributed by atoms with Crippen LogP contribution in [-0.4, -0.2) is 74.4 Å². The van der Waals surface area contributed by atoms with E-state index < -0.39 is 10.0 Å². The van der Waals surface area contributed by atoms with Crippen molar-refractivity contribution in [1.29, 1.82) is 0 Å². The van der Waals surface area contributed by atoms with Crippen LogP contribution in [-0.2, 0) is 14.8 Å². The zero-order valence-corrected chi connectivity index (χ0v) is 18.1. The minimum atomic E-state index is -3.62. The van der Waals surface area contributed by atoms with E-state index in [0.717, 1.165) is 12.2 Å². The predicted octanol–water partition coefficient (Wildman–Crippen LogP) is 2.07. The first-order valence-corrected chi connectivity index (χ1v) is 12.2. The van der Waals surface area contributed by atoms with Crippen molar-refractivity contribution in [3.63, 3.8) is 0 Å². The minimum Gasteiger partial charge on any atom is -0.486 e. The quantitative estimate of drug-likeness (QED) is 0.619. The number of hydrogen-bond acceptors (Lipinski definition) is 6. The zero-order chi connectivity index (χ0) is 20.1. The van der Waals surface area contributed by atoms with Crippen molar-refractivity contribution in [2.24, 2.45) is 5.92 Å². The zero-order valence-electron chi connectivity index (χ0n) is 16.4. The Morgan fingerprint density at radius 1 is 1.11 bits per heavy atom. The molecule has 0 saturated carbocycles. The largest absolute Gasteiger partial charge is 0.486 e. The third-order valence-corrected chi connectivity index (χ3v) is 7.68. The van der Waals surface area contributed by atoms with Crippen molar-refractivity contribution in [3.05, 3.63) is 18.2 Å². The van der Waals surface area contributed by atoms with Crippen molar-refractivity contribution in [2.75, 3.05) is 50.9 Å². The maximum Gasteiger partial charge on any atom is 0.243 e. The molecule has 0 atom stereocenters. The number of thioether (sulfide) groups is 1. The monoisotopic (exact) mass is 428 g/mol. The van der Waals surface area contributed by atoms with Gasteiger partial charge in [0.05, 0.1) is 10.6 Å². The Hall–Kier alpha value is -1.45. The molecule has 0 bridgehead atoms. The molecule has 9 heteroatoms. The van der Waals surface area contributed by atoms with E-state index in [2.05, 4.69) is 13.8 Å². The number of rotatable bonds is 7. The molecule has 0 spiro atoms. The molecule has 3 rings (SSSR count). The second-order valence-electron chi connectivity index (χ2n) is 7.33. The van der Waals surface area contributed by atoms with Crippen molar-refractivity contribution in [1.82, 2.24) is 9.21 Å². The number of piperazine rings is 1. The first kappa shape index (κ1) is 21.3. The molecule has 0 N–H and O–H groups in total. The second kappa shape index (κ2) is 9.37. The van der Waals surface area contributed by atoms with Crippen LogP contribution in [0.3, 0.4) is 0 Å². The van der Waals surface area contributed by atoms with Gasteiger partial charge in [-0.1, -0.05) is 13.8 Å². The molecule has 1 fully saturated rings. The maximum absolute atomic E-state index is 12.9. The van der Waals surface area contributed by atoms with Crippen molar-refractivity contribution in [2.45, 2.75) is 25.2 Å². The fourth-order valence-corrected chi connectivity index (χ4v) is 5.66. The van der Waals surface area contributed by atoms with Crippen LogP contribution in [0.5, 0.6) is 11.5 Å². The van der Waals surface area contributed by atoms with Crippen molar-refractivity contribution in [3.8, 4) is 11.5 Å². The summed E-state index contributed by atoms with van der Waals surface area (Å²) < 4.78 is 38.3. The Bertz CT molecular complexity index is 790. The van der Waals surface area contributed by atoms with Gasteiger partial charge >= 0.3 is 0 Å². The number of benzene rings is 1. The third kappa shape index (κ3) is 5.12. The molecule has 1 saturated heterocycles. The highest BCUT2D eigenvalue weighted by Gasteiger charge is 2.31. The van der Waals surface area contributed by atoms with Crippen LogP contribution in [0.2, 0.25) is 0 Å². The fourth-order valence-electron chi connectivity index (χ4n) is 3.08. The molecular weight excluding hydrogens is 400 g/mol. The Balaban J connectivity index is 1.54. The van der Waals surface area contributed by atoms with E-state index in [9.17, 15) is 13.2 Å². The Morgan fingerprint density at radius 3 is 2.46 bits per heavy atom. The normalized spacial score (nSPS) is 17.8. The van der Waals surface area contributed by atoms with Gasteiger partial charge in [0, 0.05) is 32.2 Å². The van der Waals surface area contributed by atoms with E-state index >= 15 is 0 Å². The SMILES string of the molecule is CC(C)CCSCC(=O)N1CCN(S(=O)(=O)c2ccc3c(c2)OCCO3)CC1. The average molecular weight is 429 g/mol. The Labute approximate surface area is 171 Å². The van der Waals surface area contributed by atoms with Crippen LogP contribution in [0.1, 0.15) is 20.3 Å². The van der Waals surface area contributed by atoms with Gasteiger partial charge in [0.1, 0.15) is 13.2 Å². The number of carbonyl (C=O) groups excluding carboxylic acids is 1. The lowest BCUT2D eigenvalue weighted by molar-refractivity contribution is -0.129. The topological polar surface area (TPSA) is 76.2 Å². The van der Waals surface area contributed by atoms with Crippen molar-refractivity contribution < 1.29 is 22.7 Å². The van der Waals surface area contributed by atoms with Gasteiger partial charge in [0.2, 0.25) is 15.9 Å². The fraction of sp³-hybridized carbons (Fsp3) is 0.632. The average Bonchev–Trinajstić information content (AvgIpc) is 2.70. The van der Waals surface area contributed by atoms with Crippen molar-refractivity contribution >= 4 is 27.7 Å². The standard InChI is InChI=1S/C19H28N2O5S2/c1-15(2)5-12-27-14-19(22)20-6-8-21(9-7-20)28(23,24)16-3-4-17-18(13-16)26-11-10-25-17/h3-4,13,15H,5-12,14H2,1-2H3. The van der Waals surface area contributed by atoms with Crippen LogP contribution in [0.15, 0.2) is 23.1 Å². The summed E-state index contributed by atoms with van der Waals surface area (Å²) in [6.07, 6.45) is 1.10. The molecule has 156 valence electrons. The Morgan fingerprint density at radius 2 is 1.79 bits per heavy atom. The van der Waals surface area contributed by atoms with Crippen LogP contribution >= 0.6 is 11.8 Å². The van der Waals surface area contributed by atoms with E-state index in [-0.39, 0.29) is 10.8 Å². The van der Waals surface area contributed by atoms with Crippen LogP contribution in [0, 0.1) is 5.92 Å². The van der Waals surface area contributed by atoms with Gasteiger partial charge < -0.3 is 14.4 Å². The van der Waals surface area contributed by atoms with Gasteiger partial charge in [-0.3, -0.25) is 4.79 Å². The highest BCUT2D eigenvalue weighted by molar-refractivity contribution is 7.99. The van der Waals surface area contributed by atoms with Crippen LogP contribution in [0.25, 0.3) is 0 Å². The first-order valence-electron chi connectivity index (χ1n) is 9.63. The molecule has 2 heterocycles. The predicted molar refractivity (Wildman–Crippen MR) is 110 cm³/mol. The molecule has 1 aromatic rings. The maximum atomic E-state index is 12.9. The van der Waals surface area contributed by atoms with Gasteiger partial charge in [0.25, 0.3) is 0 Å². The number of nitrogens with zero attached hydrogens (tertiary/aromatic N) is 2. The number of sulfonamides is 1. The summed E-state index contributed by atoms with van der Waals surface area (Å²) in [7, 11) is -3.62. The number of amides is 1. The molecular formula is C19H28N2O5S2. The molecule has 0 radical (unpaired) electrons. The number of carbonyl (C=O) groups is 1.